The van der Waals surface area contributed by atoms with Gasteiger partial charge in [-0.05, 0) is 17.7 Å². The Bertz CT molecular complexity index is 705. The number of hydrogen-bond acceptors (Lipinski definition) is 5. The quantitative estimate of drug-likeness (QED) is 0.835. The Balaban J connectivity index is 2.39. The van der Waals surface area contributed by atoms with Crippen LogP contribution >= 0.6 is 0 Å². The van der Waals surface area contributed by atoms with E-state index in [1.807, 2.05) is 0 Å². The Hall–Kier alpha value is -3.23. The van der Waals surface area contributed by atoms with Crippen molar-refractivity contribution in [1.82, 2.24) is 0 Å². The predicted octanol–water partition coefficient (Wildman–Crippen LogP) is 2.75. The lowest BCUT2D eigenvalue weighted by molar-refractivity contribution is -0.274. The van der Waals surface area contributed by atoms with Crippen molar-refractivity contribution in [3.63, 3.8) is 0 Å². The lowest BCUT2D eigenvalue weighted by Gasteiger charge is -2.09. The van der Waals surface area contributed by atoms with E-state index in [2.05, 4.69) is 4.74 Å². The molecule has 1 aliphatic rings. The molecular weight excluding hydrogens is 297 g/mol. The first kappa shape index (κ1) is 15.2. The van der Waals surface area contributed by atoms with Crippen molar-refractivity contribution in [3.05, 3.63) is 29.8 Å². The fourth-order valence-corrected chi connectivity index (χ4v) is 2.50. The van der Waals surface area contributed by atoms with Gasteiger partial charge in [-0.1, -0.05) is 12.1 Å². The molecule has 2 rings (SSSR count). The zero-order chi connectivity index (χ0) is 16.6. The third-order valence-electron chi connectivity index (χ3n) is 3.56. The van der Waals surface area contributed by atoms with E-state index in [1.54, 1.807) is 24.3 Å². The van der Waals surface area contributed by atoms with E-state index >= 15 is 0 Å². The summed E-state index contributed by atoms with van der Waals surface area (Å²) in [6, 6.07) is 11.1. The lowest BCUT2D eigenvalue weighted by atomic mass is 9.98. The molecule has 5 nitrogen and oxygen atoms in total. The van der Waals surface area contributed by atoms with Crippen LogP contribution in [0.2, 0.25) is 0 Å². The van der Waals surface area contributed by atoms with Crippen LogP contribution in [0.1, 0.15) is 11.5 Å². The van der Waals surface area contributed by atoms with Gasteiger partial charge in [0.25, 0.3) is 0 Å². The molecule has 0 saturated heterocycles. The first-order valence-electron chi connectivity index (χ1n) is 5.81. The highest BCUT2D eigenvalue weighted by Crippen LogP contribution is 2.73. The summed E-state index contributed by atoms with van der Waals surface area (Å²) in [5.74, 6) is -1.49. The van der Waals surface area contributed by atoms with Gasteiger partial charge in [-0.25, -0.2) is 0 Å². The minimum atomic E-state index is -4.84. The highest BCUT2D eigenvalue weighted by atomic mass is 19.4. The van der Waals surface area contributed by atoms with Crippen LogP contribution < -0.4 is 4.74 Å². The molecule has 0 amide bonds. The van der Waals surface area contributed by atoms with Gasteiger partial charge in [-0.2, -0.15) is 21.0 Å². The Morgan fingerprint density at radius 3 is 1.59 bits per heavy atom. The van der Waals surface area contributed by atoms with Crippen LogP contribution in [0.15, 0.2) is 24.3 Å². The Morgan fingerprint density at radius 2 is 1.27 bits per heavy atom. The SMILES string of the molecule is N#CC1(C#N)C(c2ccc(OC(F)(F)F)cc2)C1(C#N)C#N. The van der Waals surface area contributed by atoms with Gasteiger partial charge in [0.05, 0.1) is 30.2 Å². The summed E-state index contributed by atoms with van der Waals surface area (Å²) in [7, 11) is 0. The molecule has 0 aliphatic heterocycles. The summed E-state index contributed by atoms with van der Waals surface area (Å²) in [5, 5.41) is 36.6. The summed E-state index contributed by atoms with van der Waals surface area (Å²) >= 11 is 0. The topological polar surface area (TPSA) is 104 Å². The summed E-state index contributed by atoms with van der Waals surface area (Å²) in [5.41, 5.74) is -3.41. The van der Waals surface area contributed by atoms with Crippen molar-refractivity contribution in [3.8, 4) is 30.0 Å². The predicted molar refractivity (Wildman–Crippen MR) is 63.2 cm³/mol. The maximum absolute atomic E-state index is 12.1. The largest absolute Gasteiger partial charge is 0.573 e. The molecule has 8 heteroatoms. The molecule has 1 aromatic carbocycles. The molecule has 1 fully saturated rings. The number of benzene rings is 1. The fraction of sp³-hybridized carbons (Fsp3) is 0.286. The van der Waals surface area contributed by atoms with E-state index in [0.717, 1.165) is 12.1 Å². The Labute approximate surface area is 123 Å². The van der Waals surface area contributed by atoms with E-state index in [-0.39, 0.29) is 5.56 Å². The van der Waals surface area contributed by atoms with E-state index in [0.29, 0.717) is 0 Å². The van der Waals surface area contributed by atoms with Crippen LogP contribution in [0.4, 0.5) is 13.2 Å². The second kappa shape index (κ2) is 4.65. The number of nitrogens with zero attached hydrogens (tertiary/aromatic N) is 4. The molecule has 0 atom stereocenters. The second-order valence-corrected chi connectivity index (χ2v) is 4.61. The number of ether oxygens (including phenoxy) is 1. The van der Waals surface area contributed by atoms with Crippen LogP contribution in [0.5, 0.6) is 5.75 Å². The molecule has 0 unspecified atom stereocenters. The molecule has 0 spiro atoms. The first-order valence-corrected chi connectivity index (χ1v) is 5.81. The van der Waals surface area contributed by atoms with E-state index in [4.69, 9.17) is 21.0 Å². The molecular formula is C14H5F3N4O. The second-order valence-electron chi connectivity index (χ2n) is 4.61. The van der Waals surface area contributed by atoms with E-state index in [1.165, 1.54) is 12.1 Å². The maximum atomic E-state index is 12.1. The van der Waals surface area contributed by atoms with Gasteiger partial charge in [0.1, 0.15) is 5.75 Å². The standard InChI is InChI=1S/C14H5F3N4O/c15-14(16,17)22-10-3-1-9(2-4-10)11-12(5-18,6-19)13(11,7-20)8-21/h1-4,11H. The smallest absolute Gasteiger partial charge is 0.406 e. The van der Waals surface area contributed by atoms with Gasteiger partial charge in [0, 0.05) is 0 Å². The molecule has 1 aromatic rings. The van der Waals surface area contributed by atoms with Gasteiger partial charge in [0.15, 0.2) is 10.8 Å². The molecule has 0 bridgehead atoms. The molecule has 0 N–H and O–H groups in total. The minimum absolute atomic E-state index is 0.251. The zero-order valence-electron chi connectivity index (χ0n) is 10.7. The van der Waals surface area contributed by atoms with Crippen LogP contribution in [0.3, 0.4) is 0 Å². The number of hydrogen-bond donors (Lipinski definition) is 0. The van der Waals surface area contributed by atoms with Gasteiger partial charge in [-0.15, -0.1) is 13.2 Å². The molecule has 0 radical (unpaired) electrons. The van der Waals surface area contributed by atoms with Gasteiger partial charge < -0.3 is 4.74 Å². The van der Waals surface area contributed by atoms with Crippen molar-refractivity contribution in [2.24, 2.45) is 10.8 Å². The number of alkyl halides is 3. The highest BCUT2D eigenvalue weighted by molar-refractivity contribution is 5.59. The Kier molecular flexibility index (Phi) is 3.21. The number of rotatable bonds is 2. The van der Waals surface area contributed by atoms with Crippen molar-refractivity contribution in [2.75, 3.05) is 0 Å². The molecule has 0 aromatic heterocycles. The average Bonchev–Trinajstić information content (AvgIpc) is 3.09. The first-order chi connectivity index (χ1) is 10.3. The summed E-state index contributed by atoms with van der Waals surface area (Å²) < 4.78 is 40.0. The van der Waals surface area contributed by atoms with Crippen LogP contribution in [0.25, 0.3) is 0 Å². The molecule has 0 heterocycles. The van der Waals surface area contributed by atoms with Crippen molar-refractivity contribution >= 4 is 0 Å². The zero-order valence-corrected chi connectivity index (χ0v) is 10.7. The van der Waals surface area contributed by atoms with E-state index in [9.17, 15) is 13.2 Å². The maximum Gasteiger partial charge on any atom is 0.573 e. The molecule has 22 heavy (non-hydrogen) atoms. The van der Waals surface area contributed by atoms with Gasteiger partial charge in [-0.3, -0.25) is 0 Å². The lowest BCUT2D eigenvalue weighted by Crippen LogP contribution is -2.17. The third kappa shape index (κ3) is 1.91. The normalized spacial score (nSPS) is 18.1. The summed E-state index contributed by atoms with van der Waals surface area (Å²) in [6.45, 7) is 0. The van der Waals surface area contributed by atoms with Crippen LogP contribution in [-0.2, 0) is 0 Å². The Morgan fingerprint density at radius 1 is 0.864 bits per heavy atom. The fourth-order valence-electron chi connectivity index (χ4n) is 2.50. The summed E-state index contributed by atoms with van der Waals surface area (Å²) in [6.07, 6.45) is -4.84. The highest BCUT2D eigenvalue weighted by Gasteiger charge is 2.81. The minimum Gasteiger partial charge on any atom is -0.406 e. The average molecular weight is 302 g/mol. The monoisotopic (exact) mass is 302 g/mol. The molecule has 1 saturated carbocycles. The van der Waals surface area contributed by atoms with Crippen molar-refractivity contribution in [2.45, 2.75) is 12.3 Å². The molecule has 108 valence electrons. The van der Waals surface area contributed by atoms with Crippen molar-refractivity contribution < 1.29 is 17.9 Å². The number of halogens is 3. The third-order valence-corrected chi connectivity index (χ3v) is 3.56. The number of nitriles is 4. The van der Waals surface area contributed by atoms with Crippen molar-refractivity contribution in [1.29, 1.82) is 21.0 Å². The van der Waals surface area contributed by atoms with Crippen LogP contribution in [-0.4, -0.2) is 6.36 Å². The summed E-state index contributed by atoms with van der Waals surface area (Å²) in [4.78, 5) is 0. The molecule has 1 aliphatic carbocycles. The van der Waals surface area contributed by atoms with Crippen LogP contribution in [0, 0.1) is 56.2 Å². The van der Waals surface area contributed by atoms with E-state index < -0.39 is 28.9 Å². The van der Waals surface area contributed by atoms with Gasteiger partial charge in [0.2, 0.25) is 0 Å². The van der Waals surface area contributed by atoms with Gasteiger partial charge >= 0.3 is 6.36 Å².